The van der Waals surface area contributed by atoms with E-state index in [1.807, 2.05) is 19.1 Å². The van der Waals surface area contributed by atoms with Crippen molar-refractivity contribution in [2.75, 3.05) is 11.9 Å². The van der Waals surface area contributed by atoms with Gasteiger partial charge in [-0.15, -0.1) is 0 Å². The third-order valence-corrected chi connectivity index (χ3v) is 3.04. The van der Waals surface area contributed by atoms with Crippen LogP contribution in [0.1, 0.15) is 24.0 Å². The Morgan fingerprint density at radius 1 is 1.45 bits per heavy atom. The number of rotatable bonds is 5. The third kappa shape index (κ3) is 2.76. The van der Waals surface area contributed by atoms with Crippen molar-refractivity contribution in [2.24, 2.45) is 0 Å². The average molecular weight is 275 g/mol. The standard InChI is InChI=1S/C13H17N5O2/c1-4-14-11-5-6-15-12(7-11)8-17-10(3)13(18(19)20)9(2)16-17/h5-7H,4,8H2,1-3H3,(H,14,15). The molecule has 0 unspecified atom stereocenters. The van der Waals surface area contributed by atoms with E-state index in [1.165, 1.54) is 0 Å². The second-order valence-corrected chi connectivity index (χ2v) is 4.50. The molecule has 2 rings (SSSR count). The molecule has 0 amide bonds. The number of anilines is 1. The van der Waals surface area contributed by atoms with Gasteiger partial charge in [0.25, 0.3) is 0 Å². The molecule has 0 bridgehead atoms. The van der Waals surface area contributed by atoms with Gasteiger partial charge in [0.1, 0.15) is 11.4 Å². The normalized spacial score (nSPS) is 10.6. The van der Waals surface area contributed by atoms with Gasteiger partial charge in [-0.3, -0.25) is 19.8 Å². The maximum Gasteiger partial charge on any atom is 0.312 e. The van der Waals surface area contributed by atoms with Gasteiger partial charge in [0.05, 0.1) is 17.2 Å². The van der Waals surface area contributed by atoms with Gasteiger partial charge in [-0.25, -0.2) is 0 Å². The fraction of sp³-hybridized carbons (Fsp3) is 0.385. The molecular weight excluding hydrogens is 258 g/mol. The van der Waals surface area contributed by atoms with Gasteiger partial charge in [0.2, 0.25) is 0 Å². The molecule has 0 aliphatic carbocycles. The van der Waals surface area contributed by atoms with Gasteiger partial charge in [-0.1, -0.05) is 0 Å². The predicted molar refractivity (Wildman–Crippen MR) is 75.9 cm³/mol. The largest absolute Gasteiger partial charge is 0.385 e. The summed E-state index contributed by atoms with van der Waals surface area (Å²) in [5, 5.41) is 18.4. The zero-order valence-corrected chi connectivity index (χ0v) is 11.8. The summed E-state index contributed by atoms with van der Waals surface area (Å²) in [5.41, 5.74) is 2.84. The third-order valence-electron chi connectivity index (χ3n) is 3.04. The van der Waals surface area contributed by atoms with Crippen LogP contribution in [0.5, 0.6) is 0 Å². The zero-order valence-electron chi connectivity index (χ0n) is 11.8. The van der Waals surface area contributed by atoms with Crippen LogP contribution in [0.15, 0.2) is 18.3 Å². The van der Waals surface area contributed by atoms with Crippen LogP contribution in [0.25, 0.3) is 0 Å². The predicted octanol–water partition coefficient (Wildman–Crippen LogP) is 2.28. The SMILES string of the molecule is CCNc1ccnc(Cn2nc(C)c([N+](=O)[O-])c2C)c1. The summed E-state index contributed by atoms with van der Waals surface area (Å²) in [6.45, 7) is 6.61. The number of pyridine rings is 1. The Kier molecular flexibility index (Phi) is 3.97. The second-order valence-electron chi connectivity index (χ2n) is 4.50. The maximum absolute atomic E-state index is 11.0. The van der Waals surface area contributed by atoms with E-state index in [9.17, 15) is 10.1 Å². The zero-order chi connectivity index (χ0) is 14.7. The summed E-state index contributed by atoms with van der Waals surface area (Å²) < 4.78 is 1.62. The Morgan fingerprint density at radius 3 is 2.80 bits per heavy atom. The number of nitrogens with zero attached hydrogens (tertiary/aromatic N) is 4. The van der Waals surface area contributed by atoms with E-state index in [1.54, 1.807) is 24.7 Å². The number of nitrogens with one attached hydrogen (secondary N) is 1. The monoisotopic (exact) mass is 275 g/mol. The van der Waals surface area contributed by atoms with Gasteiger partial charge < -0.3 is 5.32 Å². The number of hydrogen-bond donors (Lipinski definition) is 1. The minimum atomic E-state index is -0.392. The Labute approximate surface area is 116 Å². The molecule has 2 heterocycles. The lowest BCUT2D eigenvalue weighted by Gasteiger charge is -2.06. The first-order chi connectivity index (χ1) is 9.52. The van der Waals surface area contributed by atoms with Crippen LogP contribution in [-0.4, -0.2) is 26.2 Å². The highest BCUT2D eigenvalue weighted by Crippen LogP contribution is 2.22. The molecule has 0 aliphatic rings. The van der Waals surface area contributed by atoms with Gasteiger partial charge in [0, 0.05) is 18.4 Å². The van der Waals surface area contributed by atoms with Crippen molar-refractivity contribution in [2.45, 2.75) is 27.3 Å². The van der Waals surface area contributed by atoms with E-state index in [-0.39, 0.29) is 5.69 Å². The lowest BCUT2D eigenvalue weighted by Crippen LogP contribution is -2.07. The molecular formula is C13H17N5O2. The summed E-state index contributed by atoms with van der Waals surface area (Å²) in [4.78, 5) is 14.9. The molecule has 7 heteroatoms. The van der Waals surface area contributed by atoms with Gasteiger partial charge in [0.15, 0.2) is 0 Å². The molecule has 0 spiro atoms. The minimum absolute atomic E-state index is 0.0767. The van der Waals surface area contributed by atoms with Crippen LogP contribution in [0.2, 0.25) is 0 Å². The number of hydrogen-bond acceptors (Lipinski definition) is 5. The highest BCUT2D eigenvalue weighted by Gasteiger charge is 2.21. The molecule has 1 N–H and O–H groups in total. The van der Waals surface area contributed by atoms with Gasteiger partial charge in [-0.2, -0.15) is 5.10 Å². The summed E-state index contributed by atoms with van der Waals surface area (Å²) in [6, 6.07) is 3.81. The molecule has 0 saturated carbocycles. The molecule has 0 aliphatic heterocycles. The number of nitro groups is 1. The van der Waals surface area contributed by atoms with Crippen molar-refractivity contribution >= 4 is 11.4 Å². The fourth-order valence-corrected chi connectivity index (χ4v) is 2.14. The van der Waals surface area contributed by atoms with Crippen LogP contribution in [0.3, 0.4) is 0 Å². The first kappa shape index (κ1) is 14.0. The second kappa shape index (κ2) is 5.68. The molecule has 2 aromatic rings. The van der Waals surface area contributed by atoms with Crippen molar-refractivity contribution in [3.05, 3.63) is 45.5 Å². The molecule has 106 valence electrons. The highest BCUT2D eigenvalue weighted by molar-refractivity contribution is 5.43. The molecule has 0 aromatic carbocycles. The van der Waals surface area contributed by atoms with Crippen molar-refractivity contribution in [3.63, 3.8) is 0 Å². The molecule has 0 atom stereocenters. The van der Waals surface area contributed by atoms with Crippen molar-refractivity contribution < 1.29 is 4.92 Å². The lowest BCUT2D eigenvalue weighted by molar-refractivity contribution is -0.386. The summed E-state index contributed by atoms with van der Waals surface area (Å²) in [5.74, 6) is 0. The van der Waals surface area contributed by atoms with Gasteiger partial charge in [-0.05, 0) is 32.9 Å². The van der Waals surface area contributed by atoms with Crippen LogP contribution in [0.4, 0.5) is 11.4 Å². The first-order valence-corrected chi connectivity index (χ1v) is 6.40. The minimum Gasteiger partial charge on any atom is -0.385 e. The number of aryl methyl sites for hydroxylation is 1. The van der Waals surface area contributed by atoms with Crippen molar-refractivity contribution in [3.8, 4) is 0 Å². The van der Waals surface area contributed by atoms with E-state index in [2.05, 4.69) is 15.4 Å². The molecule has 2 aromatic heterocycles. The van der Waals surface area contributed by atoms with E-state index < -0.39 is 4.92 Å². The molecule has 0 saturated heterocycles. The Morgan fingerprint density at radius 2 is 2.20 bits per heavy atom. The number of aromatic nitrogens is 3. The highest BCUT2D eigenvalue weighted by atomic mass is 16.6. The van der Waals surface area contributed by atoms with Crippen LogP contribution in [-0.2, 0) is 6.54 Å². The Hall–Kier alpha value is -2.44. The quantitative estimate of drug-likeness (QED) is 0.668. The average Bonchev–Trinajstić information content (AvgIpc) is 2.65. The fourth-order valence-electron chi connectivity index (χ4n) is 2.14. The molecule has 0 fully saturated rings. The molecule has 0 radical (unpaired) electrons. The van der Waals surface area contributed by atoms with Crippen molar-refractivity contribution in [1.82, 2.24) is 14.8 Å². The first-order valence-electron chi connectivity index (χ1n) is 6.40. The van der Waals surface area contributed by atoms with E-state index >= 15 is 0 Å². The van der Waals surface area contributed by atoms with Crippen molar-refractivity contribution in [1.29, 1.82) is 0 Å². The molecule has 20 heavy (non-hydrogen) atoms. The smallest absolute Gasteiger partial charge is 0.312 e. The lowest BCUT2D eigenvalue weighted by atomic mass is 10.3. The van der Waals surface area contributed by atoms with E-state index in [0.29, 0.717) is 17.9 Å². The summed E-state index contributed by atoms with van der Waals surface area (Å²) >= 11 is 0. The van der Waals surface area contributed by atoms with E-state index in [4.69, 9.17) is 0 Å². The summed E-state index contributed by atoms with van der Waals surface area (Å²) in [7, 11) is 0. The topological polar surface area (TPSA) is 85.9 Å². The van der Waals surface area contributed by atoms with Crippen LogP contribution < -0.4 is 5.32 Å². The van der Waals surface area contributed by atoms with E-state index in [0.717, 1.165) is 17.9 Å². The Bertz CT molecular complexity index is 636. The van der Waals surface area contributed by atoms with Gasteiger partial charge >= 0.3 is 5.69 Å². The van der Waals surface area contributed by atoms with Crippen LogP contribution in [0, 0.1) is 24.0 Å². The van der Waals surface area contributed by atoms with Crippen LogP contribution >= 0.6 is 0 Å². The Balaban J connectivity index is 2.28. The molecule has 7 nitrogen and oxygen atoms in total. The maximum atomic E-state index is 11.0. The summed E-state index contributed by atoms with van der Waals surface area (Å²) in [6.07, 6.45) is 1.72.